The highest BCUT2D eigenvalue weighted by molar-refractivity contribution is 5.34. The topological polar surface area (TPSA) is 20.2 Å². The second kappa shape index (κ2) is 5.01. The van der Waals surface area contributed by atoms with Gasteiger partial charge in [-0.2, -0.15) is 0 Å². The van der Waals surface area contributed by atoms with Crippen LogP contribution in [-0.4, -0.2) is 5.11 Å². The van der Waals surface area contributed by atoms with E-state index in [1.165, 1.54) is 19.1 Å². The van der Waals surface area contributed by atoms with Crippen molar-refractivity contribution < 1.29 is 22.7 Å². The number of aliphatic hydroxyl groups excluding tert-OH is 1. The largest absolute Gasteiger partial charge is 0.384 e. The van der Waals surface area contributed by atoms with E-state index in [1.807, 2.05) is 0 Å². The number of benzene rings is 2. The summed E-state index contributed by atoms with van der Waals surface area (Å²) in [5, 5.41) is 9.90. The zero-order valence-corrected chi connectivity index (χ0v) is 9.92. The first kappa shape index (κ1) is 13.5. The van der Waals surface area contributed by atoms with Gasteiger partial charge in [-0.15, -0.1) is 0 Å². The molecule has 0 heterocycles. The van der Waals surface area contributed by atoms with Crippen LogP contribution in [0.2, 0.25) is 0 Å². The van der Waals surface area contributed by atoms with E-state index >= 15 is 0 Å². The van der Waals surface area contributed by atoms with Crippen molar-refractivity contribution in [1.29, 1.82) is 0 Å². The highest BCUT2D eigenvalue weighted by Crippen LogP contribution is 2.27. The second-order valence-electron chi connectivity index (χ2n) is 4.20. The van der Waals surface area contributed by atoms with Gasteiger partial charge in [0, 0.05) is 11.6 Å². The average Bonchev–Trinajstić information content (AvgIpc) is 2.34. The van der Waals surface area contributed by atoms with Gasteiger partial charge in [0.25, 0.3) is 0 Å². The minimum Gasteiger partial charge on any atom is -0.384 e. The van der Waals surface area contributed by atoms with Crippen molar-refractivity contribution in [2.75, 3.05) is 0 Å². The zero-order valence-electron chi connectivity index (χ0n) is 9.92. The monoisotopic (exact) mass is 270 g/mol. The maximum Gasteiger partial charge on any atom is 0.165 e. The van der Waals surface area contributed by atoms with Crippen LogP contribution in [0.3, 0.4) is 0 Å². The van der Waals surface area contributed by atoms with Gasteiger partial charge in [0.15, 0.2) is 11.6 Å². The lowest BCUT2D eigenvalue weighted by Gasteiger charge is -2.14. The molecule has 0 saturated heterocycles. The Morgan fingerprint density at radius 1 is 0.895 bits per heavy atom. The molecule has 2 aromatic carbocycles. The Morgan fingerprint density at radius 2 is 1.47 bits per heavy atom. The van der Waals surface area contributed by atoms with Gasteiger partial charge in [0.1, 0.15) is 17.7 Å². The Kier molecular flexibility index (Phi) is 3.57. The predicted molar refractivity (Wildman–Crippen MR) is 61.5 cm³/mol. The molecule has 0 amide bonds. The SMILES string of the molecule is Cc1ccc(C(O)c2cc(F)cc(F)c2)c(F)c1F. The first-order valence-corrected chi connectivity index (χ1v) is 5.48. The van der Waals surface area contributed by atoms with Crippen LogP contribution in [0, 0.1) is 30.2 Å². The fraction of sp³-hybridized carbons (Fsp3) is 0.143. The van der Waals surface area contributed by atoms with Crippen LogP contribution in [0.5, 0.6) is 0 Å². The van der Waals surface area contributed by atoms with E-state index in [0.29, 0.717) is 6.07 Å². The lowest BCUT2D eigenvalue weighted by atomic mass is 9.99. The summed E-state index contributed by atoms with van der Waals surface area (Å²) in [5.74, 6) is -4.12. The number of rotatable bonds is 2. The number of hydrogen-bond acceptors (Lipinski definition) is 1. The van der Waals surface area contributed by atoms with Crippen molar-refractivity contribution in [3.8, 4) is 0 Å². The summed E-state index contributed by atoms with van der Waals surface area (Å²) < 4.78 is 53.1. The van der Waals surface area contributed by atoms with Gasteiger partial charge < -0.3 is 5.11 Å². The second-order valence-corrected chi connectivity index (χ2v) is 4.20. The van der Waals surface area contributed by atoms with Crippen LogP contribution in [0.4, 0.5) is 17.6 Å². The van der Waals surface area contributed by atoms with Crippen LogP contribution in [0.1, 0.15) is 22.8 Å². The molecule has 1 unspecified atom stereocenters. The Balaban J connectivity index is 2.50. The van der Waals surface area contributed by atoms with Crippen molar-refractivity contribution in [3.63, 3.8) is 0 Å². The van der Waals surface area contributed by atoms with Crippen LogP contribution in [-0.2, 0) is 0 Å². The number of aryl methyl sites for hydroxylation is 1. The third-order valence-electron chi connectivity index (χ3n) is 2.80. The Morgan fingerprint density at radius 3 is 2.05 bits per heavy atom. The maximum atomic E-state index is 13.7. The highest BCUT2D eigenvalue weighted by atomic mass is 19.2. The molecule has 0 spiro atoms. The van der Waals surface area contributed by atoms with E-state index in [1.54, 1.807) is 0 Å². The molecule has 19 heavy (non-hydrogen) atoms. The molecule has 5 heteroatoms. The van der Waals surface area contributed by atoms with E-state index < -0.39 is 29.4 Å². The molecule has 0 saturated carbocycles. The molecular formula is C14H10F4O. The molecule has 0 fully saturated rings. The highest BCUT2D eigenvalue weighted by Gasteiger charge is 2.20. The van der Waals surface area contributed by atoms with Crippen molar-refractivity contribution >= 4 is 0 Å². The molecule has 1 nitrogen and oxygen atoms in total. The molecule has 0 aliphatic heterocycles. The number of hydrogen-bond donors (Lipinski definition) is 1. The third kappa shape index (κ3) is 2.61. The molecule has 0 aliphatic rings. The van der Waals surface area contributed by atoms with E-state index in [2.05, 4.69) is 0 Å². The van der Waals surface area contributed by atoms with Crippen molar-refractivity contribution in [1.82, 2.24) is 0 Å². The molecule has 0 bridgehead atoms. The van der Waals surface area contributed by atoms with Crippen LogP contribution in [0.25, 0.3) is 0 Å². The Hall–Kier alpha value is -1.88. The maximum absolute atomic E-state index is 13.7. The van der Waals surface area contributed by atoms with Crippen LogP contribution < -0.4 is 0 Å². The summed E-state index contributed by atoms with van der Waals surface area (Å²) in [5.41, 5.74) is -0.466. The molecule has 0 aliphatic carbocycles. The molecular weight excluding hydrogens is 260 g/mol. The summed E-state index contributed by atoms with van der Waals surface area (Å²) in [6.07, 6.45) is -1.64. The smallest absolute Gasteiger partial charge is 0.165 e. The molecule has 2 rings (SSSR count). The quantitative estimate of drug-likeness (QED) is 0.826. The minimum atomic E-state index is -1.64. The molecule has 1 atom stereocenters. The lowest BCUT2D eigenvalue weighted by Crippen LogP contribution is -2.06. The minimum absolute atomic E-state index is 0.0823. The van der Waals surface area contributed by atoms with Gasteiger partial charge in [0.2, 0.25) is 0 Å². The van der Waals surface area contributed by atoms with Gasteiger partial charge in [-0.05, 0) is 30.2 Å². The Bertz CT molecular complexity index is 605. The average molecular weight is 270 g/mol. The van der Waals surface area contributed by atoms with Gasteiger partial charge in [-0.3, -0.25) is 0 Å². The van der Waals surface area contributed by atoms with E-state index in [-0.39, 0.29) is 16.7 Å². The van der Waals surface area contributed by atoms with E-state index in [9.17, 15) is 22.7 Å². The fourth-order valence-electron chi connectivity index (χ4n) is 1.78. The summed E-state index contributed by atoms with van der Waals surface area (Å²) in [7, 11) is 0. The predicted octanol–water partition coefficient (Wildman–Crippen LogP) is 3.63. The fourth-order valence-corrected chi connectivity index (χ4v) is 1.78. The summed E-state index contributed by atoms with van der Waals surface area (Å²) >= 11 is 0. The van der Waals surface area contributed by atoms with E-state index in [0.717, 1.165) is 12.1 Å². The molecule has 0 radical (unpaired) electrons. The zero-order chi connectivity index (χ0) is 14.2. The summed E-state index contributed by atoms with van der Waals surface area (Å²) in [6, 6.07) is 4.83. The lowest BCUT2D eigenvalue weighted by molar-refractivity contribution is 0.212. The first-order valence-electron chi connectivity index (χ1n) is 5.48. The van der Waals surface area contributed by atoms with Crippen LogP contribution >= 0.6 is 0 Å². The van der Waals surface area contributed by atoms with Crippen molar-refractivity contribution in [2.45, 2.75) is 13.0 Å². The van der Waals surface area contributed by atoms with Gasteiger partial charge in [-0.1, -0.05) is 12.1 Å². The molecule has 1 N–H and O–H groups in total. The van der Waals surface area contributed by atoms with Crippen molar-refractivity contribution in [2.24, 2.45) is 0 Å². The molecule has 2 aromatic rings. The van der Waals surface area contributed by atoms with Gasteiger partial charge >= 0.3 is 0 Å². The number of halogens is 4. The Labute approximate surface area is 107 Å². The van der Waals surface area contributed by atoms with Gasteiger partial charge in [-0.25, -0.2) is 17.6 Å². The van der Waals surface area contributed by atoms with Crippen LogP contribution in [0.15, 0.2) is 30.3 Å². The summed E-state index contributed by atoms with van der Waals surface area (Å²) in [4.78, 5) is 0. The first-order chi connectivity index (χ1) is 8.90. The van der Waals surface area contributed by atoms with Crippen molar-refractivity contribution in [3.05, 3.63) is 70.3 Å². The summed E-state index contributed by atoms with van der Waals surface area (Å²) in [6.45, 7) is 1.37. The third-order valence-corrected chi connectivity index (χ3v) is 2.80. The standard InChI is InChI=1S/C14H10F4O/c1-7-2-3-11(13(18)12(7)17)14(19)8-4-9(15)6-10(16)5-8/h2-6,14,19H,1H3. The normalized spacial score (nSPS) is 12.5. The molecule has 100 valence electrons. The van der Waals surface area contributed by atoms with E-state index in [4.69, 9.17) is 0 Å². The molecule has 0 aromatic heterocycles. The number of aliphatic hydroxyl groups is 1. The van der Waals surface area contributed by atoms with Gasteiger partial charge in [0.05, 0.1) is 0 Å².